The highest BCUT2D eigenvalue weighted by atomic mass is 16.5. The second-order valence-electron chi connectivity index (χ2n) is 3.01. The van der Waals surface area contributed by atoms with E-state index in [4.69, 9.17) is 9.84 Å². The number of carbonyl (C=O) groups excluding carboxylic acids is 1. The van der Waals surface area contributed by atoms with Crippen LogP contribution in [0.2, 0.25) is 0 Å². The van der Waals surface area contributed by atoms with Crippen LogP contribution in [0.15, 0.2) is 18.3 Å². The number of Topliss-reactive ketones (excluding diaryl/α,β-unsaturated/α-hetero) is 1. The van der Waals surface area contributed by atoms with Gasteiger partial charge >= 0.3 is 0 Å². The van der Waals surface area contributed by atoms with Crippen LogP contribution in [0.25, 0.3) is 0 Å². The summed E-state index contributed by atoms with van der Waals surface area (Å²) in [6, 6.07) is 3.55. The number of pyridine rings is 1. The predicted octanol–water partition coefficient (Wildman–Crippen LogP) is 1.71. The summed E-state index contributed by atoms with van der Waals surface area (Å²) < 4.78 is 5.10. The van der Waals surface area contributed by atoms with Crippen LogP contribution in [-0.2, 0) is 22.7 Å². The quantitative estimate of drug-likeness (QED) is 0.828. The maximum Gasteiger partial charge on any atom is 0.155 e. The Bertz CT molecular complexity index is 296. The van der Waals surface area contributed by atoms with Crippen molar-refractivity contribution in [2.75, 3.05) is 6.61 Å². The van der Waals surface area contributed by atoms with E-state index in [0.717, 1.165) is 5.56 Å². The first-order valence-corrected chi connectivity index (χ1v) is 5.34. The van der Waals surface area contributed by atoms with E-state index in [1.165, 1.54) is 6.92 Å². The number of aliphatic hydroxyl groups is 1. The van der Waals surface area contributed by atoms with Crippen LogP contribution in [0.3, 0.4) is 0 Å². The summed E-state index contributed by atoms with van der Waals surface area (Å²) in [5.74, 6) is 0.00457. The molecule has 1 N–H and O–H groups in total. The van der Waals surface area contributed by atoms with Crippen molar-refractivity contribution in [1.82, 2.24) is 4.98 Å². The Morgan fingerprint density at radius 1 is 1.44 bits per heavy atom. The van der Waals surface area contributed by atoms with Crippen LogP contribution < -0.4 is 0 Å². The first-order valence-electron chi connectivity index (χ1n) is 5.34. The number of carbonyl (C=O) groups is 1. The zero-order valence-corrected chi connectivity index (χ0v) is 10.1. The van der Waals surface area contributed by atoms with E-state index in [9.17, 15) is 4.79 Å². The van der Waals surface area contributed by atoms with Crippen molar-refractivity contribution in [2.24, 2.45) is 0 Å². The first kappa shape index (κ1) is 14.7. The fourth-order valence-electron chi connectivity index (χ4n) is 0.947. The lowest BCUT2D eigenvalue weighted by molar-refractivity contribution is -0.121. The van der Waals surface area contributed by atoms with E-state index in [0.29, 0.717) is 12.3 Å². The number of ketones is 1. The van der Waals surface area contributed by atoms with E-state index in [1.807, 2.05) is 19.9 Å². The molecule has 0 saturated carbocycles. The van der Waals surface area contributed by atoms with Crippen LogP contribution >= 0.6 is 0 Å². The average Bonchev–Trinajstić information content (AvgIpc) is 2.32. The lowest BCUT2D eigenvalue weighted by Gasteiger charge is -2.02. The van der Waals surface area contributed by atoms with Crippen LogP contribution in [0.5, 0.6) is 0 Å². The lowest BCUT2D eigenvalue weighted by Crippen LogP contribution is -2.04. The molecule has 1 heterocycles. The topological polar surface area (TPSA) is 59.4 Å². The number of nitrogens with zero attached hydrogens (tertiary/aromatic N) is 1. The third-order valence-corrected chi connectivity index (χ3v) is 1.62. The van der Waals surface area contributed by atoms with Gasteiger partial charge in [0.05, 0.1) is 18.9 Å². The van der Waals surface area contributed by atoms with Gasteiger partial charge in [-0.25, -0.2) is 0 Å². The molecule has 0 spiro atoms. The van der Waals surface area contributed by atoms with Crippen molar-refractivity contribution >= 4 is 5.78 Å². The molecule has 0 atom stereocenters. The SMILES string of the molecule is CC.CC(=O)COCc1ccc(CO)nc1. The summed E-state index contributed by atoms with van der Waals surface area (Å²) >= 11 is 0. The maximum absolute atomic E-state index is 10.6. The molecule has 0 bridgehead atoms. The van der Waals surface area contributed by atoms with E-state index in [1.54, 1.807) is 12.3 Å². The highest BCUT2D eigenvalue weighted by Gasteiger charge is 1.97. The van der Waals surface area contributed by atoms with Gasteiger partial charge in [-0.2, -0.15) is 0 Å². The molecule has 0 saturated heterocycles. The summed E-state index contributed by atoms with van der Waals surface area (Å²) in [6.07, 6.45) is 1.63. The number of rotatable bonds is 5. The summed E-state index contributed by atoms with van der Waals surface area (Å²) in [5, 5.41) is 8.74. The van der Waals surface area contributed by atoms with Gasteiger partial charge in [0, 0.05) is 6.20 Å². The van der Waals surface area contributed by atoms with Gasteiger partial charge in [0.1, 0.15) is 6.61 Å². The molecule has 0 radical (unpaired) electrons. The van der Waals surface area contributed by atoms with E-state index in [-0.39, 0.29) is 19.0 Å². The number of aromatic nitrogens is 1. The molecule has 90 valence electrons. The Labute approximate surface area is 96.3 Å². The average molecular weight is 225 g/mol. The largest absolute Gasteiger partial charge is 0.390 e. The van der Waals surface area contributed by atoms with Crippen molar-refractivity contribution in [3.05, 3.63) is 29.6 Å². The molecule has 4 nitrogen and oxygen atoms in total. The standard InChI is InChI=1S/C10H13NO3.C2H6/c1-8(13)6-14-7-9-2-3-10(5-12)11-4-9;1-2/h2-4,12H,5-7H2,1H3;1-2H3. The van der Waals surface area contributed by atoms with Gasteiger partial charge in [-0.1, -0.05) is 19.9 Å². The van der Waals surface area contributed by atoms with Crippen molar-refractivity contribution in [3.8, 4) is 0 Å². The van der Waals surface area contributed by atoms with Gasteiger partial charge in [0.2, 0.25) is 0 Å². The normalized spacial score (nSPS) is 9.25. The highest BCUT2D eigenvalue weighted by Crippen LogP contribution is 2.01. The molecule has 0 aliphatic carbocycles. The molecule has 0 unspecified atom stereocenters. The molecule has 1 aromatic heterocycles. The summed E-state index contributed by atoms with van der Waals surface area (Å²) in [4.78, 5) is 14.5. The first-order chi connectivity index (χ1) is 7.72. The van der Waals surface area contributed by atoms with E-state index >= 15 is 0 Å². The molecule has 0 fully saturated rings. The fraction of sp³-hybridized carbons (Fsp3) is 0.500. The number of aliphatic hydroxyl groups excluding tert-OH is 1. The molecule has 4 heteroatoms. The lowest BCUT2D eigenvalue weighted by atomic mass is 10.2. The Morgan fingerprint density at radius 2 is 2.12 bits per heavy atom. The van der Waals surface area contributed by atoms with Gasteiger partial charge in [-0.15, -0.1) is 0 Å². The van der Waals surface area contributed by atoms with Gasteiger partial charge in [-0.3, -0.25) is 9.78 Å². The van der Waals surface area contributed by atoms with Crippen molar-refractivity contribution in [1.29, 1.82) is 0 Å². The second-order valence-corrected chi connectivity index (χ2v) is 3.01. The van der Waals surface area contributed by atoms with Crippen molar-refractivity contribution in [3.63, 3.8) is 0 Å². The second kappa shape index (κ2) is 9.00. The molecule has 0 amide bonds. The Kier molecular flexibility index (Phi) is 8.29. The predicted molar refractivity (Wildman–Crippen MR) is 61.8 cm³/mol. The Morgan fingerprint density at radius 3 is 2.56 bits per heavy atom. The Balaban J connectivity index is 0.00000106. The number of hydrogen-bond donors (Lipinski definition) is 1. The molecule has 0 aliphatic rings. The summed E-state index contributed by atoms with van der Waals surface area (Å²) in [5.41, 5.74) is 1.52. The zero-order chi connectivity index (χ0) is 12.4. The summed E-state index contributed by atoms with van der Waals surface area (Å²) in [6.45, 7) is 5.92. The van der Waals surface area contributed by atoms with Crippen molar-refractivity contribution < 1.29 is 14.6 Å². The minimum atomic E-state index is -0.0609. The monoisotopic (exact) mass is 225 g/mol. The van der Waals surface area contributed by atoms with Crippen LogP contribution in [0, 0.1) is 0 Å². The minimum Gasteiger partial charge on any atom is -0.390 e. The molecule has 16 heavy (non-hydrogen) atoms. The van der Waals surface area contributed by atoms with Crippen LogP contribution in [0.1, 0.15) is 32.0 Å². The van der Waals surface area contributed by atoms with Gasteiger partial charge in [-0.05, 0) is 18.6 Å². The van der Waals surface area contributed by atoms with Gasteiger partial charge in [0.15, 0.2) is 5.78 Å². The molecule has 0 aromatic carbocycles. The van der Waals surface area contributed by atoms with E-state index < -0.39 is 0 Å². The van der Waals surface area contributed by atoms with Crippen LogP contribution in [0.4, 0.5) is 0 Å². The smallest absolute Gasteiger partial charge is 0.155 e. The number of ether oxygens (including phenoxy) is 1. The molecule has 0 aliphatic heterocycles. The van der Waals surface area contributed by atoms with Crippen LogP contribution in [-0.4, -0.2) is 22.5 Å². The highest BCUT2D eigenvalue weighted by molar-refractivity contribution is 5.76. The molecular formula is C12H19NO3. The Hall–Kier alpha value is -1.26. The van der Waals surface area contributed by atoms with E-state index in [2.05, 4.69) is 4.98 Å². The minimum absolute atomic E-state index is 0.00457. The molecule has 1 aromatic rings. The molecule has 1 rings (SSSR count). The third-order valence-electron chi connectivity index (χ3n) is 1.62. The maximum atomic E-state index is 10.6. The third kappa shape index (κ3) is 6.27. The van der Waals surface area contributed by atoms with Gasteiger partial charge in [0.25, 0.3) is 0 Å². The van der Waals surface area contributed by atoms with Gasteiger partial charge < -0.3 is 9.84 Å². The fourth-order valence-corrected chi connectivity index (χ4v) is 0.947. The zero-order valence-electron chi connectivity index (χ0n) is 10.1. The molecular weight excluding hydrogens is 206 g/mol. The number of hydrogen-bond acceptors (Lipinski definition) is 4. The van der Waals surface area contributed by atoms with Crippen molar-refractivity contribution in [2.45, 2.75) is 34.0 Å². The summed E-state index contributed by atoms with van der Waals surface area (Å²) in [7, 11) is 0.